The van der Waals surface area contributed by atoms with Crippen LogP contribution in [0.3, 0.4) is 0 Å². The van der Waals surface area contributed by atoms with Gasteiger partial charge in [0.25, 0.3) is 0 Å². The van der Waals surface area contributed by atoms with E-state index in [1.165, 1.54) is 12.3 Å². The van der Waals surface area contributed by atoms with E-state index >= 15 is 0 Å². The molecule has 0 amide bonds. The van der Waals surface area contributed by atoms with Crippen LogP contribution in [0.15, 0.2) is 53.2 Å². The SMILES string of the molecule is C=CNC(=C/C)/C(F)=C\C(CCC)=N/C(C)=C\C. The third kappa shape index (κ3) is 6.18. The van der Waals surface area contributed by atoms with E-state index in [-0.39, 0.29) is 5.83 Å². The van der Waals surface area contributed by atoms with Gasteiger partial charge in [0, 0.05) is 11.4 Å². The molecule has 0 bridgehead atoms. The first-order valence-corrected chi connectivity index (χ1v) is 6.20. The van der Waals surface area contributed by atoms with Crippen LogP contribution in [-0.4, -0.2) is 5.71 Å². The number of hydrogen-bond acceptors (Lipinski definition) is 2. The number of hydrogen-bond donors (Lipinski definition) is 1. The van der Waals surface area contributed by atoms with Gasteiger partial charge in [0.15, 0.2) is 0 Å². The van der Waals surface area contributed by atoms with Crippen LogP contribution >= 0.6 is 0 Å². The molecule has 0 aliphatic rings. The Morgan fingerprint density at radius 1 is 1.33 bits per heavy atom. The smallest absolute Gasteiger partial charge is 0.148 e. The molecular formula is C15H23FN2. The molecule has 0 saturated heterocycles. The highest BCUT2D eigenvalue weighted by atomic mass is 19.1. The predicted molar refractivity (Wildman–Crippen MR) is 78.1 cm³/mol. The molecule has 2 nitrogen and oxygen atoms in total. The zero-order valence-electron chi connectivity index (χ0n) is 11.8. The largest absolute Gasteiger partial charge is 0.360 e. The summed E-state index contributed by atoms with van der Waals surface area (Å²) in [6.45, 7) is 11.2. The van der Waals surface area contributed by atoms with Gasteiger partial charge in [-0.1, -0.05) is 32.1 Å². The first-order chi connectivity index (χ1) is 8.58. The van der Waals surface area contributed by atoms with Crippen molar-refractivity contribution in [2.45, 2.75) is 40.5 Å². The van der Waals surface area contributed by atoms with Crippen LogP contribution in [0.2, 0.25) is 0 Å². The Morgan fingerprint density at radius 2 is 2.00 bits per heavy atom. The third-order valence-corrected chi connectivity index (χ3v) is 2.34. The fraction of sp³-hybridized carbons (Fsp3) is 0.400. The number of rotatable bonds is 7. The molecule has 0 rings (SSSR count). The molecule has 0 aliphatic carbocycles. The Hall–Kier alpha value is -1.64. The Labute approximate surface area is 110 Å². The Balaban J connectivity index is 5.16. The van der Waals surface area contributed by atoms with Crippen molar-refractivity contribution >= 4 is 5.71 Å². The van der Waals surface area contributed by atoms with Crippen molar-refractivity contribution < 1.29 is 4.39 Å². The number of allylic oxidation sites excluding steroid dienone is 5. The summed E-state index contributed by atoms with van der Waals surface area (Å²) in [5, 5.41) is 2.76. The van der Waals surface area contributed by atoms with Crippen LogP contribution in [0.25, 0.3) is 0 Å². The molecule has 0 aromatic heterocycles. The Kier molecular flexibility index (Phi) is 8.54. The van der Waals surface area contributed by atoms with Crippen LogP contribution in [0, 0.1) is 0 Å². The van der Waals surface area contributed by atoms with Crippen LogP contribution in [-0.2, 0) is 0 Å². The lowest BCUT2D eigenvalue weighted by Crippen LogP contribution is -2.06. The molecule has 0 saturated carbocycles. The predicted octanol–water partition coefficient (Wildman–Crippen LogP) is 4.64. The van der Waals surface area contributed by atoms with Gasteiger partial charge in [0.05, 0.1) is 5.70 Å². The highest BCUT2D eigenvalue weighted by Crippen LogP contribution is 2.11. The van der Waals surface area contributed by atoms with Crippen LogP contribution in [0.4, 0.5) is 4.39 Å². The molecule has 0 heterocycles. The lowest BCUT2D eigenvalue weighted by Gasteiger charge is -2.05. The highest BCUT2D eigenvalue weighted by Gasteiger charge is 2.04. The second kappa shape index (κ2) is 9.40. The quantitative estimate of drug-likeness (QED) is 0.516. The minimum Gasteiger partial charge on any atom is -0.360 e. The number of aliphatic imine (C=N–C) groups is 1. The van der Waals surface area contributed by atoms with Crippen molar-refractivity contribution in [2.75, 3.05) is 0 Å². The van der Waals surface area contributed by atoms with E-state index in [9.17, 15) is 4.39 Å². The summed E-state index contributed by atoms with van der Waals surface area (Å²) in [5.74, 6) is -0.325. The van der Waals surface area contributed by atoms with E-state index < -0.39 is 0 Å². The lowest BCUT2D eigenvalue weighted by atomic mass is 10.2. The monoisotopic (exact) mass is 250 g/mol. The van der Waals surface area contributed by atoms with Gasteiger partial charge in [-0.2, -0.15) is 0 Å². The summed E-state index contributed by atoms with van der Waals surface area (Å²) < 4.78 is 14.0. The molecule has 0 aliphatic heterocycles. The van der Waals surface area contributed by atoms with E-state index in [0.717, 1.165) is 24.3 Å². The summed E-state index contributed by atoms with van der Waals surface area (Å²) >= 11 is 0. The molecule has 18 heavy (non-hydrogen) atoms. The maximum atomic E-state index is 14.0. The second-order valence-corrected chi connectivity index (χ2v) is 3.83. The second-order valence-electron chi connectivity index (χ2n) is 3.83. The summed E-state index contributed by atoms with van der Waals surface area (Å²) in [6, 6.07) is 0. The summed E-state index contributed by atoms with van der Waals surface area (Å²) in [4.78, 5) is 4.38. The van der Waals surface area contributed by atoms with E-state index in [1.54, 1.807) is 13.0 Å². The van der Waals surface area contributed by atoms with Crippen molar-refractivity contribution in [3.63, 3.8) is 0 Å². The first-order valence-electron chi connectivity index (χ1n) is 6.20. The molecule has 100 valence electrons. The maximum Gasteiger partial charge on any atom is 0.148 e. The molecule has 0 aromatic rings. The van der Waals surface area contributed by atoms with E-state index in [4.69, 9.17) is 0 Å². The fourth-order valence-electron chi connectivity index (χ4n) is 1.33. The molecule has 3 heteroatoms. The molecule has 0 unspecified atom stereocenters. The van der Waals surface area contributed by atoms with E-state index in [2.05, 4.69) is 16.9 Å². The minimum atomic E-state index is -0.325. The molecule has 0 spiro atoms. The van der Waals surface area contributed by atoms with E-state index in [1.807, 2.05) is 26.8 Å². The van der Waals surface area contributed by atoms with Gasteiger partial charge in [-0.3, -0.25) is 4.99 Å². The number of halogens is 1. The summed E-state index contributed by atoms with van der Waals surface area (Å²) in [7, 11) is 0. The average molecular weight is 250 g/mol. The number of nitrogens with zero attached hydrogens (tertiary/aromatic N) is 1. The standard InChI is InChI=1S/C15H23FN2/c1-6-10-13(18-12(5)7-2)11-14(16)15(8-3)17-9-4/h7-9,11,17H,4,6,10H2,1-3,5H3/b12-7-,14-11+,15-8+,18-13-. The van der Waals surface area contributed by atoms with Gasteiger partial charge in [-0.05, 0) is 39.5 Å². The fourth-order valence-corrected chi connectivity index (χ4v) is 1.33. The van der Waals surface area contributed by atoms with Gasteiger partial charge < -0.3 is 5.32 Å². The van der Waals surface area contributed by atoms with Crippen molar-refractivity contribution in [2.24, 2.45) is 4.99 Å². The van der Waals surface area contributed by atoms with Crippen LogP contribution in [0.5, 0.6) is 0 Å². The lowest BCUT2D eigenvalue weighted by molar-refractivity contribution is 0.638. The van der Waals surface area contributed by atoms with Crippen molar-refractivity contribution in [3.05, 3.63) is 48.2 Å². The van der Waals surface area contributed by atoms with Gasteiger partial charge in [-0.25, -0.2) is 4.39 Å². The normalized spacial score (nSPS) is 14.7. The Morgan fingerprint density at radius 3 is 2.44 bits per heavy atom. The number of nitrogens with one attached hydrogen (secondary N) is 1. The van der Waals surface area contributed by atoms with Crippen LogP contribution < -0.4 is 5.32 Å². The summed E-state index contributed by atoms with van der Waals surface area (Å²) in [6.07, 6.45) is 8.18. The van der Waals surface area contributed by atoms with Crippen molar-refractivity contribution in [1.29, 1.82) is 0 Å². The molecular weight excluding hydrogens is 227 g/mol. The molecule has 0 fully saturated rings. The van der Waals surface area contributed by atoms with Crippen LogP contribution in [0.1, 0.15) is 40.5 Å². The third-order valence-electron chi connectivity index (χ3n) is 2.34. The molecule has 0 radical (unpaired) electrons. The molecule has 0 atom stereocenters. The minimum absolute atomic E-state index is 0.325. The van der Waals surface area contributed by atoms with Crippen molar-refractivity contribution in [3.8, 4) is 0 Å². The Bertz CT molecular complexity index is 387. The van der Waals surface area contributed by atoms with E-state index in [0.29, 0.717) is 5.70 Å². The maximum absolute atomic E-state index is 14.0. The van der Waals surface area contributed by atoms with Gasteiger partial charge in [0.2, 0.25) is 0 Å². The van der Waals surface area contributed by atoms with Gasteiger partial charge >= 0.3 is 0 Å². The van der Waals surface area contributed by atoms with Crippen molar-refractivity contribution in [1.82, 2.24) is 5.32 Å². The molecule has 0 aromatic carbocycles. The highest BCUT2D eigenvalue weighted by molar-refractivity contribution is 5.96. The zero-order valence-corrected chi connectivity index (χ0v) is 11.8. The van der Waals surface area contributed by atoms with Gasteiger partial charge in [-0.15, -0.1) is 0 Å². The summed E-state index contributed by atoms with van der Waals surface area (Å²) in [5.41, 5.74) is 2.05. The topological polar surface area (TPSA) is 24.4 Å². The molecule has 1 N–H and O–H groups in total. The first kappa shape index (κ1) is 16.4. The van der Waals surface area contributed by atoms with Gasteiger partial charge in [0.1, 0.15) is 5.83 Å². The zero-order chi connectivity index (χ0) is 14.0. The average Bonchev–Trinajstić information content (AvgIpc) is 2.35.